The van der Waals surface area contributed by atoms with Crippen molar-refractivity contribution in [3.8, 4) is 41.8 Å². The SMILES string of the molecule is CCCCc1ccc(-c2ccc(-c3ccc(-c4ccc(-c5ccc(C)cc5F)s4)c4nsnc34)s2)c(F)c1. The van der Waals surface area contributed by atoms with Gasteiger partial charge in [-0.15, -0.1) is 22.7 Å². The van der Waals surface area contributed by atoms with Crippen LogP contribution in [-0.2, 0) is 6.42 Å². The van der Waals surface area contributed by atoms with Gasteiger partial charge in [-0.25, -0.2) is 8.78 Å². The number of fused-ring (bicyclic) bond motifs is 1. The summed E-state index contributed by atoms with van der Waals surface area (Å²) in [6, 6.07) is 23.0. The first-order valence-electron chi connectivity index (χ1n) is 12.5. The molecule has 0 aliphatic heterocycles. The number of thiophene rings is 2. The maximum Gasteiger partial charge on any atom is 0.132 e. The van der Waals surface area contributed by atoms with Crippen molar-refractivity contribution >= 4 is 45.4 Å². The van der Waals surface area contributed by atoms with Gasteiger partial charge in [0.05, 0.1) is 11.7 Å². The smallest absolute Gasteiger partial charge is 0.132 e. The van der Waals surface area contributed by atoms with Crippen molar-refractivity contribution in [3.05, 3.63) is 95.6 Å². The fourth-order valence-corrected chi connectivity index (χ4v) is 7.33. The first-order valence-corrected chi connectivity index (χ1v) is 14.9. The van der Waals surface area contributed by atoms with Crippen LogP contribution in [-0.4, -0.2) is 8.75 Å². The van der Waals surface area contributed by atoms with Gasteiger partial charge in [0.2, 0.25) is 0 Å². The second-order valence-corrected chi connectivity index (χ2v) is 12.0. The van der Waals surface area contributed by atoms with E-state index in [0.717, 1.165) is 72.1 Å². The van der Waals surface area contributed by atoms with E-state index in [4.69, 9.17) is 0 Å². The third-order valence-electron chi connectivity index (χ3n) is 6.67. The van der Waals surface area contributed by atoms with E-state index in [-0.39, 0.29) is 11.6 Å². The fourth-order valence-electron chi connectivity index (χ4n) is 4.63. The molecule has 0 N–H and O–H groups in total. The summed E-state index contributed by atoms with van der Waals surface area (Å²) in [5.41, 5.74) is 6.78. The number of aryl methyl sites for hydroxylation is 2. The predicted octanol–water partition coefficient (Wildman–Crippen LogP) is 10.4. The second-order valence-electron chi connectivity index (χ2n) is 9.35. The molecule has 0 atom stereocenters. The predicted molar refractivity (Wildman–Crippen MR) is 158 cm³/mol. The molecule has 0 saturated carbocycles. The summed E-state index contributed by atoms with van der Waals surface area (Å²) in [7, 11) is 0. The molecule has 190 valence electrons. The Morgan fingerprint density at radius 1 is 0.632 bits per heavy atom. The molecule has 0 saturated heterocycles. The van der Waals surface area contributed by atoms with Gasteiger partial charge in [-0.05, 0) is 67.3 Å². The lowest BCUT2D eigenvalue weighted by Crippen LogP contribution is -1.88. The average molecular weight is 559 g/mol. The van der Waals surface area contributed by atoms with Crippen molar-refractivity contribution in [1.29, 1.82) is 0 Å². The van der Waals surface area contributed by atoms with Crippen molar-refractivity contribution < 1.29 is 8.78 Å². The molecular weight excluding hydrogens is 535 g/mol. The van der Waals surface area contributed by atoms with Gasteiger partial charge in [0.25, 0.3) is 0 Å². The Morgan fingerprint density at radius 3 is 1.66 bits per heavy atom. The van der Waals surface area contributed by atoms with Crippen molar-refractivity contribution in [2.24, 2.45) is 0 Å². The van der Waals surface area contributed by atoms with Gasteiger partial charge >= 0.3 is 0 Å². The molecular formula is C31H24F2N2S3. The van der Waals surface area contributed by atoms with Gasteiger partial charge in [0, 0.05) is 41.8 Å². The molecule has 0 fully saturated rings. The standard InChI is InChI=1S/C31H24F2N2S3/c1-3-4-5-19-7-9-21(25(33)17-19)27-13-15-29(37-27)23-11-10-22(30-31(23)35-38-34-30)28-14-12-26(36-28)20-8-6-18(2)16-24(20)32/h6-17H,3-5H2,1-2H3. The summed E-state index contributed by atoms with van der Waals surface area (Å²) in [6.45, 7) is 4.03. The van der Waals surface area contributed by atoms with Crippen LogP contribution in [0.2, 0.25) is 0 Å². The van der Waals surface area contributed by atoms with Gasteiger partial charge in [0.1, 0.15) is 22.7 Å². The number of nitrogens with zero attached hydrogens (tertiary/aromatic N) is 2. The van der Waals surface area contributed by atoms with Crippen LogP contribution >= 0.6 is 34.4 Å². The summed E-state index contributed by atoms with van der Waals surface area (Å²) in [5, 5.41) is 0. The minimum Gasteiger partial charge on any atom is -0.206 e. The number of hydrogen-bond donors (Lipinski definition) is 0. The number of unbranched alkanes of at least 4 members (excludes halogenated alkanes) is 1. The van der Waals surface area contributed by atoms with E-state index in [9.17, 15) is 8.78 Å². The van der Waals surface area contributed by atoms with Crippen LogP contribution in [0.5, 0.6) is 0 Å². The van der Waals surface area contributed by atoms with E-state index in [0.29, 0.717) is 11.1 Å². The minimum absolute atomic E-state index is 0.179. The van der Waals surface area contributed by atoms with Crippen LogP contribution in [0.15, 0.2) is 72.8 Å². The van der Waals surface area contributed by atoms with Crippen LogP contribution in [0.25, 0.3) is 52.8 Å². The Balaban J connectivity index is 1.33. The Hall–Kier alpha value is -3.26. The molecule has 0 spiro atoms. The normalized spacial score (nSPS) is 11.5. The van der Waals surface area contributed by atoms with Gasteiger partial charge in [0.15, 0.2) is 0 Å². The number of rotatable bonds is 7. The van der Waals surface area contributed by atoms with Crippen LogP contribution in [0.4, 0.5) is 8.78 Å². The largest absolute Gasteiger partial charge is 0.206 e. The topological polar surface area (TPSA) is 25.8 Å². The van der Waals surface area contributed by atoms with Gasteiger partial charge < -0.3 is 0 Å². The second kappa shape index (κ2) is 10.5. The molecule has 7 heteroatoms. The quantitative estimate of drug-likeness (QED) is 0.195. The highest BCUT2D eigenvalue weighted by molar-refractivity contribution is 7.19. The van der Waals surface area contributed by atoms with Crippen molar-refractivity contribution in [3.63, 3.8) is 0 Å². The molecule has 38 heavy (non-hydrogen) atoms. The number of halogens is 2. The third-order valence-corrected chi connectivity index (χ3v) is 9.50. The zero-order valence-electron chi connectivity index (χ0n) is 20.9. The van der Waals surface area contributed by atoms with Crippen LogP contribution < -0.4 is 0 Å². The highest BCUT2D eigenvalue weighted by atomic mass is 32.1. The molecule has 0 amide bonds. The van der Waals surface area contributed by atoms with Gasteiger partial charge in [-0.3, -0.25) is 0 Å². The van der Waals surface area contributed by atoms with Crippen LogP contribution in [0.3, 0.4) is 0 Å². The number of hydrogen-bond acceptors (Lipinski definition) is 5. The molecule has 0 radical (unpaired) electrons. The monoisotopic (exact) mass is 558 g/mol. The summed E-state index contributed by atoms with van der Waals surface area (Å²) >= 11 is 4.29. The van der Waals surface area contributed by atoms with E-state index >= 15 is 0 Å². The van der Waals surface area contributed by atoms with E-state index < -0.39 is 0 Å². The molecule has 6 aromatic rings. The fraction of sp³-hybridized carbons (Fsp3) is 0.161. The Kier molecular flexibility index (Phi) is 6.91. The van der Waals surface area contributed by atoms with Gasteiger partial charge in [-0.1, -0.05) is 49.7 Å². The number of benzene rings is 3. The molecule has 6 rings (SSSR count). The maximum absolute atomic E-state index is 15.0. The molecule has 3 aromatic carbocycles. The third kappa shape index (κ3) is 4.70. The molecule has 3 aromatic heterocycles. The highest BCUT2D eigenvalue weighted by Gasteiger charge is 2.18. The van der Waals surface area contributed by atoms with Crippen molar-refractivity contribution in [2.45, 2.75) is 33.1 Å². The molecule has 0 aliphatic rings. The van der Waals surface area contributed by atoms with E-state index in [1.807, 2.05) is 55.5 Å². The van der Waals surface area contributed by atoms with Crippen LogP contribution in [0, 0.1) is 18.6 Å². The van der Waals surface area contributed by atoms with E-state index in [2.05, 4.69) is 27.8 Å². The van der Waals surface area contributed by atoms with Crippen molar-refractivity contribution in [2.75, 3.05) is 0 Å². The molecule has 0 unspecified atom stereocenters. The van der Waals surface area contributed by atoms with E-state index in [1.54, 1.807) is 34.8 Å². The van der Waals surface area contributed by atoms with Crippen LogP contribution in [0.1, 0.15) is 30.9 Å². The molecule has 3 heterocycles. The first kappa shape index (κ1) is 25.0. The average Bonchev–Trinajstić information content (AvgIpc) is 3.68. The molecule has 2 nitrogen and oxygen atoms in total. The summed E-state index contributed by atoms with van der Waals surface area (Å²) < 4.78 is 38.8. The minimum atomic E-state index is -0.213. The molecule has 0 aliphatic carbocycles. The summed E-state index contributed by atoms with van der Waals surface area (Å²) in [6.07, 6.45) is 3.05. The Morgan fingerprint density at radius 2 is 1.13 bits per heavy atom. The van der Waals surface area contributed by atoms with E-state index in [1.165, 1.54) is 11.7 Å². The summed E-state index contributed by atoms with van der Waals surface area (Å²) in [5.74, 6) is -0.393. The lowest BCUT2D eigenvalue weighted by molar-refractivity contribution is 0.628. The van der Waals surface area contributed by atoms with Crippen molar-refractivity contribution in [1.82, 2.24) is 8.75 Å². The zero-order valence-corrected chi connectivity index (χ0v) is 23.4. The number of aromatic nitrogens is 2. The maximum atomic E-state index is 15.0. The summed E-state index contributed by atoms with van der Waals surface area (Å²) in [4.78, 5) is 3.81. The molecule has 0 bridgehead atoms. The highest BCUT2D eigenvalue weighted by Crippen LogP contribution is 2.43. The first-order chi connectivity index (χ1) is 18.5. The Bertz CT molecular complexity index is 1760. The lowest BCUT2D eigenvalue weighted by Gasteiger charge is -2.05. The Labute approximate surface area is 232 Å². The van der Waals surface area contributed by atoms with Gasteiger partial charge in [-0.2, -0.15) is 8.75 Å². The lowest BCUT2D eigenvalue weighted by atomic mass is 10.0. The zero-order chi connectivity index (χ0) is 26.2.